The first-order valence-electron chi connectivity index (χ1n) is 8.85. The maximum Gasteiger partial charge on any atom is 0.254 e. The number of methoxy groups -OCH3 is 1. The van der Waals surface area contributed by atoms with Gasteiger partial charge in [0.1, 0.15) is 11.6 Å². The predicted octanol–water partition coefficient (Wildman–Crippen LogP) is 3.40. The molecule has 2 N–H and O–H groups in total. The molecule has 0 saturated carbocycles. The van der Waals surface area contributed by atoms with E-state index >= 15 is 0 Å². The summed E-state index contributed by atoms with van der Waals surface area (Å²) in [5.41, 5.74) is 2.79. The molecule has 0 aliphatic rings. The fourth-order valence-corrected chi connectivity index (χ4v) is 3.78. The minimum atomic E-state index is -0.190. The number of ether oxygens (including phenoxy) is 1. The third-order valence-electron chi connectivity index (χ3n) is 4.35. The summed E-state index contributed by atoms with van der Waals surface area (Å²) in [4.78, 5) is 36.8. The summed E-state index contributed by atoms with van der Waals surface area (Å²) in [6, 6.07) is 7.63. The van der Waals surface area contributed by atoms with E-state index in [1.807, 2.05) is 31.2 Å². The van der Waals surface area contributed by atoms with Crippen molar-refractivity contribution in [3.63, 3.8) is 0 Å². The molecular weight excluding hydrogens is 376 g/mol. The smallest absolute Gasteiger partial charge is 0.254 e. The molecule has 0 atom stereocenters. The summed E-state index contributed by atoms with van der Waals surface area (Å²) < 4.78 is 5.18. The van der Waals surface area contributed by atoms with E-state index in [0.717, 1.165) is 21.9 Å². The molecule has 0 saturated heterocycles. The van der Waals surface area contributed by atoms with Crippen molar-refractivity contribution in [3.8, 4) is 17.0 Å². The largest absolute Gasteiger partial charge is 0.497 e. The van der Waals surface area contributed by atoms with Crippen LogP contribution in [0.25, 0.3) is 11.3 Å². The van der Waals surface area contributed by atoms with Gasteiger partial charge in [-0.3, -0.25) is 9.59 Å². The van der Waals surface area contributed by atoms with Crippen LogP contribution in [0, 0.1) is 20.8 Å². The van der Waals surface area contributed by atoms with Crippen molar-refractivity contribution >= 4 is 22.4 Å². The number of aromatic nitrogens is 3. The maximum absolute atomic E-state index is 12.3. The van der Waals surface area contributed by atoms with E-state index < -0.39 is 0 Å². The molecule has 2 aromatic heterocycles. The number of aromatic amines is 1. The van der Waals surface area contributed by atoms with Crippen LogP contribution in [0.15, 0.2) is 29.1 Å². The topological polar surface area (TPSA) is 97.0 Å². The number of hydrogen-bond donors (Lipinski definition) is 2. The quantitative estimate of drug-likeness (QED) is 0.663. The highest BCUT2D eigenvalue weighted by Crippen LogP contribution is 2.31. The first kappa shape index (κ1) is 19.8. The summed E-state index contributed by atoms with van der Waals surface area (Å²) in [5, 5.41) is 3.37. The molecule has 0 unspecified atom stereocenters. The normalized spacial score (nSPS) is 10.7. The second kappa shape index (κ2) is 8.35. The standard InChI is InChI=1S/C20H22N4O3S/c1-11-16(19(26)22-13(3)21-11)9-10-17(25)23-20-24-18(12(2)28-20)14-5-7-15(27-4)8-6-14/h5-8H,9-10H2,1-4H3,(H,21,22,26)(H,23,24,25). The molecule has 0 radical (unpaired) electrons. The number of carbonyl (C=O) groups is 1. The maximum atomic E-state index is 12.3. The average Bonchev–Trinajstić information content (AvgIpc) is 3.01. The summed E-state index contributed by atoms with van der Waals surface area (Å²) in [6.45, 7) is 5.48. The van der Waals surface area contributed by atoms with Gasteiger partial charge in [0.2, 0.25) is 5.91 Å². The Morgan fingerprint density at radius 1 is 1.18 bits per heavy atom. The van der Waals surface area contributed by atoms with E-state index in [9.17, 15) is 9.59 Å². The number of carbonyl (C=O) groups excluding carboxylic acids is 1. The van der Waals surface area contributed by atoms with Gasteiger partial charge in [-0.1, -0.05) is 0 Å². The number of hydrogen-bond acceptors (Lipinski definition) is 6. The van der Waals surface area contributed by atoms with Crippen LogP contribution in [0.4, 0.5) is 5.13 Å². The number of H-pyrrole nitrogens is 1. The lowest BCUT2D eigenvalue weighted by molar-refractivity contribution is -0.116. The Labute approximate surface area is 166 Å². The lowest BCUT2D eigenvalue weighted by Gasteiger charge is -2.05. The number of amides is 1. The van der Waals surface area contributed by atoms with E-state index in [2.05, 4.69) is 20.3 Å². The van der Waals surface area contributed by atoms with Crippen LogP contribution < -0.4 is 15.6 Å². The highest BCUT2D eigenvalue weighted by molar-refractivity contribution is 7.16. The van der Waals surface area contributed by atoms with Crippen molar-refractivity contribution < 1.29 is 9.53 Å². The molecule has 2 heterocycles. The zero-order valence-electron chi connectivity index (χ0n) is 16.3. The molecule has 1 aromatic carbocycles. The van der Waals surface area contributed by atoms with Crippen LogP contribution >= 0.6 is 11.3 Å². The Morgan fingerprint density at radius 3 is 2.54 bits per heavy atom. The zero-order chi connectivity index (χ0) is 20.3. The number of aryl methyl sites for hydroxylation is 3. The monoisotopic (exact) mass is 398 g/mol. The molecule has 3 aromatic rings. The lowest BCUT2D eigenvalue weighted by Crippen LogP contribution is -2.20. The van der Waals surface area contributed by atoms with E-state index in [-0.39, 0.29) is 17.9 Å². The van der Waals surface area contributed by atoms with E-state index in [4.69, 9.17) is 4.74 Å². The zero-order valence-corrected chi connectivity index (χ0v) is 17.1. The molecule has 3 rings (SSSR count). The highest BCUT2D eigenvalue weighted by atomic mass is 32.1. The van der Waals surface area contributed by atoms with Crippen LogP contribution in [0.2, 0.25) is 0 Å². The fraction of sp³-hybridized carbons (Fsp3) is 0.300. The molecular formula is C20H22N4O3S. The van der Waals surface area contributed by atoms with Crippen molar-refractivity contribution in [2.24, 2.45) is 0 Å². The molecule has 28 heavy (non-hydrogen) atoms. The second-order valence-corrected chi connectivity index (χ2v) is 7.62. The summed E-state index contributed by atoms with van der Waals surface area (Å²) in [5.74, 6) is 1.16. The molecule has 1 amide bonds. The van der Waals surface area contributed by atoms with Crippen LogP contribution in [-0.2, 0) is 11.2 Å². The van der Waals surface area contributed by atoms with E-state index in [0.29, 0.717) is 28.6 Å². The van der Waals surface area contributed by atoms with Gasteiger partial charge in [0, 0.05) is 28.1 Å². The van der Waals surface area contributed by atoms with Crippen molar-refractivity contribution in [1.82, 2.24) is 15.0 Å². The molecule has 0 bridgehead atoms. The van der Waals surface area contributed by atoms with Gasteiger partial charge in [-0.05, 0) is 51.5 Å². The molecule has 0 aliphatic heterocycles. The van der Waals surface area contributed by atoms with Crippen molar-refractivity contribution in [2.45, 2.75) is 33.6 Å². The Morgan fingerprint density at radius 2 is 1.89 bits per heavy atom. The Balaban J connectivity index is 1.67. The van der Waals surface area contributed by atoms with E-state index in [1.54, 1.807) is 21.0 Å². The van der Waals surface area contributed by atoms with Crippen LogP contribution in [0.1, 0.15) is 28.4 Å². The third kappa shape index (κ3) is 4.45. The molecule has 146 valence electrons. The number of thiazole rings is 1. The average molecular weight is 398 g/mol. The van der Waals surface area contributed by atoms with Gasteiger partial charge in [-0.2, -0.15) is 0 Å². The van der Waals surface area contributed by atoms with Crippen LogP contribution in [0.3, 0.4) is 0 Å². The Bertz CT molecular complexity index is 1050. The number of rotatable bonds is 6. The third-order valence-corrected chi connectivity index (χ3v) is 5.24. The SMILES string of the molecule is COc1ccc(-c2nc(NC(=O)CCc3c(C)nc(C)[nH]c3=O)sc2C)cc1. The first-order valence-corrected chi connectivity index (χ1v) is 9.67. The van der Waals surface area contributed by atoms with Gasteiger partial charge in [0.25, 0.3) is 5.56 Å². The summed E-state index contributed by atoms with van der Waals surface area (Å²) >= 11 is 1.42. The summed E-state index contributed by atoms with van der Waals surface area (Å²) in [6.07, 6.45) is 0.515. The molecule has 7 nitrogen and oxygen atoms in total. The Hall–Kier alpha value is -3.00. The number of nitrogens with zero attached hydrogens (tertiary/aromatic N) is 2. The molecule has 0 spiro atoms. The minimum Gasteiger partial charge on any atom is -0.497 e. The van der Waals surface area contributed by atoms with E-state index in [1.165, 1.54) is 11.3 Å². The number of benzene rings is 1. The first-order chi connectivity index (χ1) is 13.4. The van der Waals surface area contributed by atoms with Crippen molar-refractivity contribution in [2.75, 3.05) is 12.4 Å². The number of anilines is 1. The minimum absolute atomic E-state index is 0.186. The number of nitrogens with one attached hydrogen (secondary N) is 2. The fourth-order valence-electron chi connectivity index (χ4n) is 2.93. The molecule has 8 heteroatoms. The predicted molar refractivity (Wildman–Crippen MR) is 110 cm³/mol. The van der Waals surface area contributed by atoms with Crippen LogP contribution in [0.5, 0.6) is 5.75 Å². The lowest BCUT2D eigenvalue weighted by atomic mass is 10.1. The molecule has 0 fully saturated rings. The van der Waals surface area contributed by atoms with Gasteiger partial charge in [-0.15, -0.1) is 11.3 Å². The van der Waals surface area contributed by atoms with Crippen molar-refractivity contribution in [1.29, 1.82) is 0 Å². The molecule has 0 aliphatic carbocycles. The van der Waals surface area contributed by atoms with Gasteiger partial charge >= 0.3 is 0 Å². The highest BCUT2D eigenvalue weighted by Gasteiger charge is 2.14. The summed E-state index contributed by atoms with van der Waals surface area (Å²) in [7, 11) is 1.62. The Kier molecular flexibility index (Phi) is 5.89. The van der Waals surface area contributed by atoms with Gasteiger partial charge in [-0.25, -0.2) is 9.97 Å². The van der Waals surface area contributed by atoms with Crippen LogP contribution in [-0.4, -0.2) is 28.0 Å². The van der Waals surface area contributed by atoms with Crippen molar-refractivity contribution in [3.05, 3.63) is 56.6 Å². The van der Waals surface area contributed by atoms with Gasteiger partial charge < -0.3 is 15.0 Å². The van der Waals surface area contributed by atoms with Gasteiger partial charge in [0.05, 0.1) is 12.8 Å². The van der Waals surface area contributed by atoms with Gasteiger partial charge in [0.15, 0.2) is 5.13 Å². The second-order valence-electron chi connectivity index (χ2n) is 6.42.